The van der Waals surface area contributed by atoms with Crippen LogP contribution in [0, 0.1) is 0 Å². The summed E-state index contributed by atoms with van der Waals surface area (Å²) in [6, 6.07) is 0.449. The second kappa shape index (κ2) is 5.14. The number of hydrogen-bond acceptors (Lipinski definition) is 2. The summed E-state index contributed by atoms with van der Waals surface area (Å²) < 4.78 is 1.84. The lowest BCUT2D eigenvalue weighted by Gasteiger charge is -2.35. The Morgan fingerprint density at radius 3 is 3.06 bits per heavy atom. The molecule has 0 N–H and O–H groups in total. The maximum atomic E-state index is 12.1. The van der Waals surface area contributed by atoms with Gasteiger partial charge in [0, 0.05) is 25.0 Å². The zero-order valence-corrected chi connectivity index (χ0v) is 9.80. The van der Waals surface area contributed by atoms with E-state index in [4.69, 9.17) is 0 Å². The van der Waals surface area contributed by atoms with Gasteiger partial charge in [0.15, 0.2) is 0 Å². The smallest absolute Gasteiger partial charge is 0.242 e. The standard InChI is InChI=1S/C12H19N3O/c1-2-11-5-3-4-7-15(11)12(16)9-14-8-6-13-10-14/h6,8,10-11H,2-5,7,9H2,1H3. The van der Waals surface area contributed by atoms with Crippen LogP contribution in [0.4, 0.5) is 0 Å². The van der Waals surface area contributed by atoms with Gasteiger partial charge in [-0.25, -0.2) is 4.98 Å². The fourth-order valence-electron chi connectivity index (χ4n) is 2.38. The Balaban J connectivity index is 1.97. The van der Waals surface area contributed by atoms with Gasteiger partial charge in [-0.2, -0.15) is 0 Å². The Bertz CT molecular complexity index is 334. The molecule has 1 aromatic heterocycles. The van der Waals surface area contributed by atoms with Crippen molar-refractivity contribution < 1.29 is 4.79 Å². The van der Waals surface area contributed by atoms with Crippen molar-refractivity contribution in [3.8, 4) is 0 Å². The number of carbonyl (C=O) groups is 1. The largest absolute Gasteiger partial charge is 0.338 e. The van der Waals surface area contributed by atoms with E-state index >= 15 is 0 Å². The van der Waals surface area contributed by atoms with Gasteiger partial charge in [-0.1, -0.05) is 6.92 Å². The second-order valence-electron chi connectivity index (χ2n) is 4.38. The first-order valence-corrected chi connectivity index (χ1v) is 6.06. The number of nitrogens with zero attached hydrogens (tertiary/aromatic N) is 3. The molecule has 16 heavy (non-hydrogen) atoms. The highest BCUT2D eigenvalue weighted by atomic mass is 16.2. The van der Waals surface area contributed by atoms with Gasteiger partial charge in [0.1, 0.15) is 6.54 Å². The van der Waals surface area contributed by atoms with Crippen molar-refractivity contribution in [2.24, 2.45) is 0 Å². The third-order valence-electron chi connectivity index (χ3n) is 3.30. The molecule has 1 aromatic rings. The summed E-state index contributed by atoms with van der Waals surface area (Å²) in [6.45, 7) is 3.51. The maximum absolute atomic E-state index is 12.1. The molecule has 1 aliphatic heterocycles. The van der Waals surface area contributed by atoms with Gasteiger partial charge < -0.3 is 9.47 Å². The van der Waals surface area contributed by atoms with E-state index in [1.54, 1.807) is 12.5 Å². The minimum Gasteiger partial charge on any atom is -0.338 e. The Morgan fingerprint density at radius 2 is 2.38 bits per heavy atom. The maximum Gasteiger partial charge on any atom is 0.242 e. The summed E-state index contributed by atoms with van der Waals surface area (Å²) in [5, 5.41) is 0. The van der Waals surface area contributed by atoms with Gasteiger partial charge in [-0.15, -0.1) is 0 Å². The normalized spacial score (nSPS) is 21.1. The average Bonchev–Trinajstić information content (AvgIpc) is 2.81. The molecule has 1 fully saturated rings. The number of rotatable bonds is 3. The van der Waals surface area contributed by atoms with Gasteiger partial charge in [0.25, 0.3) is 0 Å². The number of imidazole rings is 1. The van der Waals surface area contributed by atoms with Crippen molar-refractivity contribution in [3.63, 3.8) is 0 Å². The zero-order valence-electron chi connectivity index (χ0n) is 9.80. The first kappa shape index (κ1) is 11.2. The molecule has 0 radical (unpaired) electrons. The fraction of sp³-hybridized carbons (Fsp3) is 0.667. The highest BCUT2D eigenvalue weighted by Gasteiger charge is 2.24. The molecule has 2 rings (SSSR count). The number of piperidine rings is 1. The van der Waals surface area contributed by atoms with Crippen LogP contribution >= 0.6 is 0 Å². The predicted octanol–water partition coefficient (Wildman–Crippen LogP) is 1.67. The molecule has 0 aliphatic carbocycles. The molecule has 1 amide bonds. The lowest BCUT2D eigenvalue weighted by atomic mass is 10.00. The van der Waals surface area contributed by atoms with E-state index < -0.39 is 0 Å². The van der Waals surface area contributed by atoms with E-state index in [0.717, 1.165) is 25.8 Å². The Hall–Kier alpha value is -1.32. The summed E-state index contributed by atoms with van der Waals surface area (Å²) >= 11 is 0. The first-order valence-electron chi connectivity index (χ1n) is 6.06. The number of amides is 1. The quantitative estimate of drug-likeness (QED) is 0.778. The van der Waals surface area contributed by atoms with Gasteiger partial charge in [0.05, 0.1) is 6.33 Å². The number of likely N-dealkylation sites (tertiary alicyclic amines) is 1. The Labute approximate surface area is 96.3 Å². The molecule has 0 aromatic carbocycles. The van der Waals surface area contributed by atoms with Crippen LogP contribution in [0.15, 0.2) is 18.7 Å². The molecule has 0 bridgehead atoms. The van der Waals surface area contributed by atoms with E-state index in [0.29, 0.717) is 12.6 Å². The summed E-state index contributed by atoms with van der Waals surface area (Å²) in [7, 11) is 0. The van der Waals surface area contributed by atoms with Gasteiger partial charge in [0.2, 0.25) is 5.91 Å². The van der Waals surface area contributed by atoms with E-state index in [2.05, 4.69) is 11.9 Å². The third-order valence-corrected chi connectivity index (χ3v) is 3.30. The van der Waals surface area contributed by atoms with Crippen LogP contribution in [0.25, 0.3) is 0 Å². The van der Waals surface area contributed by atoms with Crippen LogP contribution in [0.2, 0.25) is 0 Å². The van der Waals surface area contributed by atoms with Crippen LogP contribution in [0.3, 0.4) is 0 Å². The summed E-state index contributed by atoms with van der Waals surface area (Å²) in [6.07, 6.45) is 9.87. The third kappa shape index (κ3) is 2.43. The Kier molecular flexibility index (Phi) is 3.59. The molecule has 1 saturated heterocycles. The lowest BCUT2D eigenvalue weighted by molar-refractivity contribution is -0.135. The van der Waals surface area contributed by atoms with Crippen molar-refractivity contribution in [1.82, 2.24) is 14.5 Å². The van der Waals surface area contributed by atoms with Crippen LogP contribution in [0.1, 0.15) is 32.6 Å². The van der Waals surface area contributed by atoms with Crippen LogP contribution in [-0.4, -0.2) is 32.9 Å². The summed E-state index contributed by atoms with van der Waals surface area (Å²) in [5.41, 5.74) is 0. The molecule has 4 nitrogen and oxygen atoms in total. The molecule has 1 aliphatic rings. The molecule has 1 atom stereocenters. The summed E-state index contributed by atoms with van der Waals surface area (Å²) in [5.74, 6) is 0.226. The zero-order chi connectivity index (χ0) is 11.4. The van der Waals surface area contributed by atoms with Crippen LogP contribution in [-0.2, 0) is 11.3 Å². The van der Waals surface area contributed by atoms with Crippen molar-refractivity contribution in [3.05, 3.63) is 18.7 Å². The number of carbonyl (C=O) groups excluding carboxylic acids is 1. The minimum absolute atomic E-state index is 0.226. The Morgan fingerprint density at radius 1 is 1.50 bits per heavy atom. The molecular formula is C12H19N3O. The highest BCUT2D eigenvalue weighted by Crippen LogP contribution is 2.19. The van der Waals surface area contributed by atoms with Gasteiger partial charge in [-0.3, -0.25) is 4.79 Å². The SMILES string of the molecule is CCC1CCCCN1C(=O)Cn1ccnc1. The van der Waals surface area contributed by atoms with E-state index in [-0.39, 0.29) is 5.91 Å². The van der Waals surface area contributed by atoms with Crippen molar-refractivity contribution in [2.75, 3.05) is 6.54 Å². The fourth-order valence-corrected chi connectivity index (χ4v) is 2.38. The monoisotopic (exact) mass is 221 g/mol. The van der Waals surface area contributed by atoms with Crippen molar-refractivity contribution in [2.45, 2.75) is 45.2 Å². The van der Waals surface area contributed by atoms with E-state index in [1.807, 2.05) is 15.7 Å². The van der Waals surface area contributed by atoms with Gasteiger partial charge >= 0.3 is 0 Å². The summed E-state index contributed by atoms with van der Waals surface area (Å²) in [4.78, 5) is 18.1. The molecule has 1 unspecified atom stereocenters. The first-order chi connectivity index (χ1) is 7.81. The van der Waals surface area contributed by atoms with E-state index in [9.17, 15) is 4.79 Å². The molecule has 0 saturated carbocycles. The molecule has 0 spiro atoms. The molecule has 4 heteroatoms. The topological polar surface area (TPSA) is 38.1 Å². The number of hydrogen-bond donors (Lipinski definition) is 0. The van der Waals surface area contributed by atoms with Crippen molar-refractivity contribution >= 4 is 5.91 Å². The average molecular weight is 221 g/mol. The van der Waals surface area contributed by atoms with Crippen LogP contribution < -0.4 is 0 Å². The molecular weight excluding hydrogens is 202 g/mol. The van der Waals surface area contributed by atoms with Crippen molar-refractivity contribution in [1.29, 1.82) is 0 Å². The number of aromatic nitrogens is 2. The predicted molar refractivity (Wildman–Crippen MR) is 61.9 cm³/mol. The highest BCUT2D eigenvalue weighted by molar-refractivity contribution is 5.76. The van der Waals surface area contributed by atoms with E-state index in [1.165, 1.54) is 6.42 Å². The second-order valence-corrected chi connectivity index (χ2v) is 4.38. The minimum atomic E-state index is 0.226. The lowest BCUT2D eigenvalue weighted by Crippen LogP contribution is -2.44. The molecule has 88 valence electrons. The molecule has 2 heterocycles. The van der Waals surface area contributed by atoms with Crippen LogP contribution in [0.5, 0.6) is 0 Å². The van der Waals surface area contributed by atoms with Gasteiger partial charge in [-0.05, 0) is 25.7 Å².